The van der Waals surface area contributed by atoms with Crippen molar-refractivity contribution in [3.05, 3.63) is 58.1 Å². The van der Waals surface area contributed by atoms with Crippen molar-refractivity contribution in [1.29, 1.82) is 5.26 Å². The quantitative estimate of drug-likeness (QED) is 0.721. The van der Waals surface area contributed by atoms with Crippen LogP contribution in [0.3, 0.4) is 0 Å². The van der Waals surface area contributed by atoms with Crippen LogP contribution in [0.25, 0.3) is 10.8 Å². The van der Waals surface area contributed by atoms with Crippen LogP contribution in [-0.2, 0) is 22.3 Å². The lowest BCUT2D eigenvalue weighted by atomic mass is 9.96. The number of carbonyl (C=O) groups excluding carboxylic acids is 1. The fraction of sp³-hybridized carbons (Fsp3) is 0.286. The second kappa shape index (κ2) is 6.67. The van der Waals surface area contributed by atoms with Crippen LogP contribution in [-0.4, -0.2) is 29.9 Å². The highest BCUT2D eigenvalue weighted by molar-refractivity contribution is 7.15. The van der Waals surface area contributed by atoms with E-state index in [1.165, 1.54) is 11.3 Å². The Hall–Kier alpha value is -2.79. The Balaban J connectivity index is 1.44. The number of aryl methyl sites for hydroxylation is 1. The van der Waals surface area contributed by atoms with Crippen molar-refractivity contribution in [2.24, 2.45) is 0 Å². The average molecular weight is 391 g/mol. The summed E-state index contributed by atoms with van der Waals surface area (Å²) < 4.78 is 11.6. The lowest BCUT2D eigenvalue weighted by Crippen LogP contribution is -2.36. The van der Waals surface area contributed by atoms with Gasteiger partial charge in [0, 0.05) is 23.3 Å². The van der Waals surface area contributed by atoms with Gasteiger partial charge in [0.05, 0.1) is 30.5 Å². The molecule has 0 atom stereocenters. The van der Waals surface area contributed by atoms with E-state index >= 15 is 0 Å². The third-order valence-corrected chi connectivity index (χ3v) is 6.23. The van der Waals surface area contributed by atoms with E-state index in [-0.39, 0.29) is 5.91 Å². The number of aromatic nitrogens is 1. The number of thiazole rings is 1. The van der Waals surface area contributed by atoms with Gasteiger partial charge in [-0.25, -0.2) is 4.98 Å². The Morgan fingerprint density at radius 3 is 2.89 bits per heavy atom. The van der Waals surface area contributed by atoms with Gasteiger partial charge in [0.15, 0.2) is 10.9 Å². The SMILES string of the molecule is N#Cc1cc(C(=O)Nc2nc3c(s2)CC2(CC3)OCCO2)c2ccccc2c1. The maximum atomic E-state index is 13.0. The molecule has 1 spiro atoms. The molecule has 1 N–H and O–H groups in total. The van der Waals surface area contributed by atoms with Gasteiger partial charge in [0.25, 0.3) is 5.91 Å². The predicted molar refractivity (Wildman–Crippen MR) is 105 cm³/mol. The average Bonchev–Trinajstić information content (AvgIpc) is 3.33. The minimum absolute atomic E-state index is 0.262. The summed E-state index contributed by atoms with van der Waals surface area (Å²) >= 11 is 1.47. The predicted octanol–water partition coefficient (Wildman–Crippen LogP) is 3.65. The van der Waals surface area contributed by atoms with Gasteiger partial charge in [-0.05, 0) is 29.3 Å². The molecule has 3 aromatic rings. The van der Waals surface area contributed by atoms with Crippen molar-refractivity contribution in [2.75, 3.05) is 18.5 Å². The van der Waals surface area contributed by atoms with Crippen LogP contribution >= 0.6 is 11.3 Å². The second-order valence-corrected chi connectivity index (χ2v) is 8.07. The number of amides is 1. The first-order chi connectivity index (χ1) is 13.7. The molecule has 0 saturated carbocycles. The van der Waals surface area contributed by atoms with Crippen LogP contribution < -0.4 is 5.32 Å². The number of rotatable bonds is 2. The first-order valence-corrected chi connectivity index (χ1v) is 9.98. The molecular formula is C21H17N3O3S. The van der Waals surface area contributed by atoms with Crippen LogP contribution in [0, 0.1) is 11.3 Å². The number of hydrogen-bond donors (Lipinski definition) is 1. The normalized spacial score (nSPS) is 17.4. The molecule has 0 radical (unpaired) electrons. The van der Waals surface area contributed by atoms with Crippen molar-refractivity contribution in [2.45, 2.75) is 25.0 Å². The number of nitriles is 1. The number of ether oxygens (including phenoxy) is 2. The minimum atomic E-state index is -0.516. The molecule has 6 nitrogen and oxygen atoms in total. The lowest BCUT2D eigenvalue weighted by Gasteiger charge is -2.30. The van der Waals surface area contributed by atoms with Gasteiger partial charge >= 0.3 is 0 Å². The summed E-state index contributed by atoms with van der Waals surface area (Å²) in [6.07, 6.45) is 2.23. The van der Waals surface area contributed by atoms with Crippen molar-refractivity contribution >= 4 is 33.1 Å². The highest BCUT2D eigenvalue weighted by atomic mass is 32.1. The highest BCUT2D eigenvalue weighted by Gasteiger charge is 2.41. The van der Waals surface area contributed by atoms with Gasteiger partial charge in [0.2, 0.25) is 0 Å². The highest BCUT2D eigenvalue weighted by Crippen LogP contribution is 2.39. The number of nitrogens with zero attached hydrogens (tertiary/aromatic N) is 2. The Morgan fingerprint density at radius 1 is 1.25 bits per heavy atom. The molecule has 1 amide bonds. The molecule has 1 saturated heterocycles. The van der Waals surface area contributed by atoms with E-state index in [0.717, 1.165) is 34.2 Å². The Bertz CT molecular complexity index is 1130. The van der Waals surface area contributed by atoms with Crippen LogP contribution in [0.4, 0.5) is 5.13 Å². The molecule has 2 heterocycles. The van der Waals surface area contributed by atoms with E-state index < -0.39 is 5.79 Å². The monoisotopic (exact) mass is 391 g/mol. The van der Waals surface area contributed by atoms with Gasteiger partial charge in [-0.15, -0.1) is 11.3 Å². The standard InChI is InChI=1S/C21H17N3O3S/c22-12-13-9-14-3-1-2-4-15(14)16(10-13)19(25)24-20-23-17-5-6-21(11-18(17)28-20)26-7-8-27-21/h1-4,9-10H,5-8,11H2,(H,23,24,25). The molecule has 1 aliphatic carbocycles. The molecule has 140 valence electrons. The van der Waals surface area contributed by atoms with Crippen molar-refractivity contribution < 1.29 is 14.3 Å². The van der Waals surface area contributed by atoms with Gasteiger partial charge in [-0.3, -0.25) is 10.1 Å². The number of benzene rings is 2. The van der Waals surface area contributed by atoms with Gasteiger partial charge in [-0.1, -0.05) is 24.3 Å². The summed E-state index contributed by atoms with van der Waals surface area (Å²) in [6.45, 7) is 1.25. The number of carbonyl (C=O) groups is 1. The zero-order valence-electron chi connectivity index (χ0n) is 15.0. The van der Waals surface area contributed by atoms with Crippen molar-refractivity contribution in [1.82, 2.24) is 4.98 Å². The molecule has 0 unspecified atom stereocenters. The Morgan fingerprint density at radius 2 is 2.07 bits per heavy atom. The van der Waals surface area contributed by atoms with Crippen LogP contribution in [0.5, 0.6) is 0 Å². The van der Waals surface area contributed by atoms with E-state index in [1.807, 2.05) is 24.3 Å². The first kappa shape index (κ1) is 17.3. The van der Waals surface area contributed by atoms with E-state index in [1.54, 1.807) is 12.1 Å². The molecule has 7 heteroatoms. The summed E-state index contributed by atoms with van der Waals surface area (Å²) in [5.74, 6) is -0.777. The number of nitrogens with one attached hydrogen (secondary N) is 1. The van der Waals surface area contributed by atoms with Crippen molar-refractivity contribution in [3.63, 3.8) is 0 Å². The second-order valence-electron chi connectivity index (χ2n) is 6.98. The topological polar surface area (TPSA) is 84.2 Å². The summed E-state index contributed by atoms with van der Waals surface area (Å²) in [4.78, 5) is 18.7. The van der Waals surface area contributed by atoms with Gasteiger partial charge < -0.3 is 9.47 Å². The zero-order valence-corrected chi connectivity index (χ0v) is 15.8. The summed E-state index contributed by atoms with van der Waals surface area (Å²) in [5.41, 5.74) is 1.93. The maximum absolute atomic E-state index is 13.0. The fourth-order valence-corrected chi connectivity index (χ4v) is 4.97. The molecular weight excluding hydrogens is 374 g/mol. The molecule has 1 fully saturated rings. The Kier molecular flexibility index (Phi) is 4.13. The molecule has 1 aromatic heterocycles. The molecule has 2 aromatic carbocycles. The lowest BCUT2D eigenvalue weighted by molar-refractivity contribution is -0.163. The first-order valence-electron chi connectivity index (χ1n) is 9.17. The van der Waals surface area contributed by atoms with E-state index in [2.05, 4.69) is 16.4 Å². The van der Waals surface area contributed by atoms with Crippen LogP contribution in [0.15, 0.2) is 36.4 Å². The number of anilines is 1. The largest absolute Gasteiger partial charge is 0.347 e. The summed E-state index contributed by atoms with van der Waals surface area (Å²) in [5, 5.41) is 14.4. The number of fused-ring (bicyclic) bond motifs is 2. The van der Waals surface area contributed by atoms with Crippen LogP contribution in [0.1, 0.15) is 32.9 Å². The fourth-order valence-electron chi connectivity index (χ4n) is 3.88. The minimum Gasteiger partial charge on any atom is -0.347 e. The van der Waals surface area contributed by atoms with Crippen LogP contribution in [0.2, 0.25) is 0 Å². The molecule has 0 bridgehead atoms. The third-order valence-electron chi connectivity index (χ3n) is 5.22. The van der Waals surface area contributed by atoms with E-state index in [0.29, 0.717) is 35.9 Å². The summed E-state index contributed by atoms with van der Waals surface area (Å²) in [7, 11) is 0. The molecule has 5 rings (SSSR count). The number of hydrogen-bond acceptors (Lipinski definition) is 6. The zero-order chi connectivity index (χ0) is 19.1. The molecule has 1 aliphatic heterocycles. The van der Waals surface area contributed by atoms with Crippen molar-refractivity contribution in [3.8, 4) is 6.07 Å². The van der Waals surface area contributed by atoms with Gasteiger partial charge in [-0.2, -0.15) is 5.26 Å². The summed E-state index contributed by atoms with van der Waals surface area (Å²) in [6, 6.07) is 13.1. The molecule has 2 aliphatic rings. The smallest absolute Gasteiger partial charge is 0.258 e. The Labute approximate surface area is 165 Å². The third kappa shape index (κ3) is 2.96. The van der Waals surface area contributed by atoms with Gasteiger partial charge in [0.1, 0.15) is 0 Å². The van der Waals surface area contributed by atoms with E-state index in [4.69, 9.17) is 9.47 Å². The molecule has 28 heavy (non-hydrogen) atoms. The maximum Gasteiger partial charge on any atom is 0.258 e. The van der Waals surface area contributed by atoms with E-state index in [9.17, 15) is 10.1 Å².